The van der Waals surface area contributed by atoms with Crippen LogP contribution in [0.3, 0.4) is 0 Å². The Labute approximate surface area is 163 Å². The highest BCUT2D eigenvalue weighted by Crippen LogP contribution is 2.27. The monoisotopic (exact) mass is 382 g/mol. The molecule has 2 aromatic heterocycles. The largest absolute Gasteiger partial charge is 0.360 e. The predicted octanol–water partition coefficient (Wildman–Crippen LogP) is 2.15. The molecular weight excluding hydrogens is 356 g/mol. The molecule has 0 saturated carbocycles. The topological polar surface area (TPSA) is 81.2 Å². The van der Waals surface area contributed by atoms with E-state index in [1.165, 1.54) is 0 Å². The summed E-state index contributed by atoms with van der Waals surface area (Å²) in [5.74, 6) is 1.27. The third kappa shape index (κ3) is 3.16. The Morgan fingerprint density at radius 1 is 1.11 bits per heavy atom. The first-order chi connectivity index (χ1) is 13.7. The molecule has 7 nitrogen and oxygen atoms in total. The smallest absolute Gasteiger partial charge is 0.276 e. The van der Waals surface area contributed by atoms with Gasteiger partial charge in [0.05, 0.1) is 5.69 Å². The number of piperidine rings is 1. The molecule has 148 valence electrons. The molecule has 1 aliphatic heterocycles. The molecule has 0 spiro atoms. The quantitative estimate of drug-likeness (QED) is 0.812. The Morgan fingerprint density at radius 2 is 1.93 bits per heavy atom. The molecule has 1 saturated heterocycles. The van der Waals surface area contributed by atoms with E-state index in [0.29, 0.717) is 31.2 Å². The summed E-state index contributed by atoms with van der Waals surface area (Å²) >= 11 is 0. The molecule has 1 amide bonds. The van der Waals surface area contributed by atoms with Gasteiger partial charge in [-0.1, -0.05) is 5.16 Å². The van der Waals surface area contributed by atoms with Gasteiger partial charge < -0.3 is 9.42 Å². The lowest BCUT2D eigenvalue weighted by Crippen LogP contribution is -2.40. The second-order valence-corrected chi connectivity index (χ2v) is 8.37. The number of hydrogen-bond donors (Lipinski definition) is 0. The van der Waals surface area contributed by atoms with Crippen LogP contribution in [-0.2, 0) is 32.2 Å². The summed E-state index contributed by atoms with van der Waals surface area (Å²) in [6.45, 7) is 2.04. The molecule has 1 fully saturated rings. The van der Waals surface area contributed by atoms with Gasteiger partial charge in [0.25, 0.3) is 11.5 Å². The predicted molar refractivity (Wildman–Crippen MR) is 102 cm³/mol. The van der Waals surface area contributed by atoms with E-state index in [2.05, 4.69) is 10.3 Å². The van der Waals surface area contributed by atoms with E-state index < -0.39 is 0 Å². The van der Waals surface area contributed by atoms with Crippen molar-refractivity contribution in [2.45, 2.75) is 64.3 Å². The number of nitrogens with zero attached hydrogens (tertiary/aromatic N) is 4. The fourth-order valence-electron chi connectivity index (χ4n) is 4.84. The van der Waals surface area contributed by atoms with Crippen LogP contribution in [0.25, 0.3) is 0 Å². The number of carbonyl (C=O) groups excluding carboxylic acids is 1. The molecule has 0 aromatic carbocycles. The van der Waals surface area contributed by atoms with Gasteiger partial charge in [0.2, 0.25) is 0 Å². The summed E-state index contributed by atoms with van der Waals surface area (Å²) in [4.78, 5) is 27.1. The van der Waals surface area contributed by atoms with E-state index in [1.807, 2.05) is 4.90 Å². The van der Waals surface area contributed by atoms with E-state index >= 15 is 0 Å². The molecule has 3 aliphatic rings. The zero-order valence-corrected chi connectivity index (χ0v) is 16.2. The summed E-state index contributed by atoms with van der Waals surface area (Å²) in [5.41, 5.74) is 3.76. The number of fused-ring (bicyclic) bond motifs is 2. The van der Waals surface area contributed by atoms with Crippen LogP contribution in [0.15, 0.2) is 15.4 Å². The second-order valence-electron chi connectivity index (χ2n) is 8.37. The van der Waals surface area contributed by atoms with Crippen molar-refractivity contribution in [3.8, 4) is 0 Å². The van der Waals surface area contributed by atoms with Gasteiger partial charge in [-0.05, 0) is 62.8 Å². The minimum Gasteiger partial charge on any atom is -0.360 e. The van der Waals surface area contributed by atoms with Crippen molar-refractivity contribution in [3.63, 3.8) is 0 Å². The van der Waals surface area contributed by atoms with Gasteiger partial charge in [-0.3, -0.25) is 9.59 Å². The maximum atomic E-state index is 12.9. The number of hydrogen-bond acceptors (Lipinski definition) is 5. The number of carbonyl (C=O) groups is 1. The Morgan fingerprint density at radius 3 is 2.79 bits per heavy atom. The minimum absolute atomic E-state index is 0.00169. The molecule has 3 heterocycles. The van der Waals surface area contributed by atoms with Gasteiger partial charge in [0.15, 0.2) is 5.69 Å². The van der Waals surface area contributed by atoms with Gasteiger partial charge in [-0.15, -0.1) is 0 Å². The van der Waals surface area contributed by atoms with Crippen molar-refractivity contribution in [2.75, 3.05) is 13.1 Å². The van der Waals surface area contributed by atoms with Crippen LogP contribution in [0.2, 0.25) is 0 Å². The Hall–Kier alpha value is -2.44. The molecule has 0 radical (unpaired) electrons. The fraction of sp³-hybridized carbons (Fsp3) is 0.619. The van der Waals surface area contributed by atoms with Crippen LogP contribution in [0.1, 0.15) is 65.2 Å². The van der Waals surface area contributed by atoms with Crippen LogP contribution in [0.5, 0.6) is 0 Å². The second kappa shape index (κ2) is 7.18. The molecule has 28 heavy (non-hydrogen) atoms. The number of aryl methyl sites for hydroxylation is 3. The molecule has 2 aromatic rings. The molecular formula is C21H26N4O3. The third-order valence-corrected chi connectivity index (χ3v) is 6.51. The van der Waals surface area contributed by atoms with Gasteiger partial charge in [-0.2, -0.15) is 5.10 Å². The van der Waals surface area contributed by atoms with Crippen molar-refractivity contribution in [2.24, 2.45) is 5.92 Å². The van der Waals surface area contributed by atoms with Crippen molar-refractivity contribution < 1.29 is 9.32 Å². The number of amides is 1. The molecule has 2 aliphatic carbocycles. The molecule has 7 heteroatoms. The lowest BCUT2D eigenvalue weighted by Gasteiger charge is -2.31. The van der Waals surface area contributed by atoms with Gasteiger partial charge in [0.1, 0.15) is 5.76 Å². The SMILES string of the molecule is O=C(c1noc2c1CCCC2)N1CCC(Cn2nc3c(cc2=O)CCC3)CC1. The van der Waals surface area contributed by atoms with Gasteiger partial charge in [0, 0.05) is 37.7 Å². The van der Waals surface area contributed by atoms with E-state index in [9.17, 15) is 9.59 Å². The highest BCUT2D eigenvalue weighted by molar-refractivity contribution is 5.94. The van der Waals surface area contributed by atoms with Crippen LogP contribution < -0.4 is 5.56 Å². The van der Waals surface area contributed by atoms with Crippen molar-refractivity contribution in [3.05, 3.63) is 44.7 Å². The molecule has 0 atom stereocenters. The standard InChI is InChI=1S/C21H26N4O3/c26-19-12-15-4-3-6-17(15)22-25(19)13-14-8-10-24(11-9-14)21(27)20-16-5-1-2-7-18(16)28-23-20/h12,14H,1-11,13H2. The van der Waals surface area contributed by atoms with Crippen molar-refractivity contribution >= 4 is 5.91 Å². The summed E-state index contributed by atoms with van der Waals surface area (Å²) in [6.07, 6.45) is 8.81. The Kier molecular flexibility index (Phi) is 4.53. The average molecular weight is 382 g/mol. The van der Waals surface area contributed by atoms with Crippen LogP contribution >= 0.6 is 0 Å². The summed E-state index contributed by atoms with van der Waals surface area (Å²) in [7, 11) is 0. The molecule has 0 unspecified atom stereocenters. The highest BCUT2D eigenvalue weighted by Gasteiger charge is 2.30. The van der Waals surface area contributed by atoms with Crippen LogP contribution in [-0.4, -0.2) is 38.8 Å². The van der Waals surface area contributed by atoms with E-state index in [-0.39, 0.29) is 11.5 Å². The molecule has 0 bridgehead atoms. The number of rotatable bonds is 3. The normalized spacial score (nSPS) is 19.5. The molecule has 0 N–H and O–H groups in total. The van der Waals surface area contributed by atoms with Crippen LogP contribution in [0.4, 0.5) is 0 Å². The Bertz CT molecular complexity index is 953. The number of aromatic nitrogens is 3. The fourth-order valence-corrected chi connectivity index (χ4v) is 4.84. The van der Waals surface area contributed by atoms with Crippen molar-refractivity contribution in [1.82, 2.24) is 19.8 Å². The first-order valence-electron chi connectivity index (χ1n) is 10.6. The zero-order chi connectivity index (χ0) is 19.1. The van der Waals surface area contributed by atoms with Gasteiger partial charge in [-0.25, -0.2) is 4.68 Å². The van der Waals surface area contributed by atoms with Crippen LogP contribution in [0, 0.1) is 5.92 Å². The summed E-state index contributed by atoms with van der Waals surface area (Å²) in [5, 5.41) is 8.67. The lowest BCUT2D eigenvalue weighted by atomic mass is 9.94. The first-order valence-corrected chi connectivity index (χ1v) is 10.6. The average Bonchev–Trinajstić information content (AvgIpc) is 3.35. The maximum absolute atomic E-state index is 12.9. The Balaban J connectivity index is 1.23. The molecule has 5 rings (SSSR count). The van der Waals surface area contributed by atoms with E-state index in [1.54, 1.807) is 10.7 Å². The lowest BCUT2D eigenvalue weighted by molar-refractivity contribution is 0.0669. The maximum Gasteiger partial charge on any atom is 0.276 e. The highest BCUT2D eigenvalue weighted by atomic mass is 16.5. The van der Waals surface area contributed by atoms with Gasteiger partial charge >= 0.3 is 0 Å². The minimum atomic E-state index is -0.00169. The first kappa shape index (κ1) is 17.6. The van der Waals surface area contributed by atoms with E-state index in [4.69, 9.17) is 4.52 Å². The van der Waals surface area contributed by atoms with E-state index in [0.717, 1.165) is 80.4 Å². The zero-order valence-electron chi connectivity index (χ0n) is 16.2. The van der Waals surface area contributed by atoms with Crippen molar-refractivity contribution in [1.29, 1.82) is 0 Å². The third-order valence-electron chi connectivity index (χ3n) is 6.51. The number of likely N-dealkylation sites (tertiary alicyclic amines) is 1. The summed E-state index contributed by atoms with van der Waals surface area (Å²) in [6, 6.07) is 1.77. The summed E-state index contributed by atoms with van der Waals surface area (Å²) < 4.78 is 7.04.